The normalized spacial score (nSPS) is 13.3. The van der Waals surface area contributed by atoms with Crippen molar-refractivity contribution in [3.8, 4) is 0 Å². The summed E-state index contributed by atoms with van der Waals surface area (Å²) in [6, 6.07) is 8.46. The first-order chi connectivity index (χ1) is 14.3. The second-order valence-corrected chi connectivity index (χ2v) is 7.32. The molecule has 0 saturated carbocycles. The first kappa shape index (κ1) is 24.6. The van der Waals surface area contributed by atoms with Crippen molar-refractivity contribution in [3.63, 3.8) is 0 Å². The minimum Gasteiger partial charge on any atom is -0.299 e. The van der Waals surface area contributed by atoms with Crippen molar-refractivity contribution in [2.24, 2.45) is 0 Å². The Morgan fingerprint density at radius 3 is 2.19 bits per heavy atom. The number of hydrogen-bond acceptors (Lipinski definition) is 2. The van der Waals surface area contributed by atoms with E-state index in [4.69, 9.17) is 11.6 Å². The molecule has 0 spiro atoms. The standard InChI is InChI=1S/C21H19ClF6N2O/c1-12-9-15(10-18(22)13(12)2)17(21(26,27)28)8-5-14-3-6-16(7-4-14)29-30-19(31)11-20(23,24)25/h3-10,17,29H,11H2,1-2H3,(H,30,31)/b8-5+. The molecule has 31 heavy (non-hydrogen) atoms. The van der Waals surface area contributed by atoms with Gasteiger partial charge in [-0.15, -0.1) is 0 Å². The topological polar surface area (TPSA) is 41.1 Å². The zero-order chi connectivity index (χ0) is 23.4. The Labute approximate surface area is 180 Å². The fraction of sp³-hybridized carbons (Fsp3) is 0.286. The third-order valence-electron chi connectivity index (χ3n) is 4.44. The van der Waals surface area contributed by atoms with Gasteiger partial charge >= 0.3 is 12.4 Å². The number of amides is 1. The van der Waals surface area contributed by atoms with Gasteiger partial charge in [-0.05, 0) is 54.3 Å². The molecule has 168 valence electrons. The van der Waals surface area contributed by atoms with Crippen molar-refractivity contribution < 1.29 is 31.1 Å². The van der Waals surface area contributed by atoms with Crippen LogP contribution in [0.15, 0.2) is 42.5 Å². The predicted molar refractivity (Wildman–Crippen MR) is 108 cm³/mol. The van der Waals surface area contributed by atoms with E-state index in [0.717, 1.165) is 6.08 Å². The van der Waals surface area contributed by atoms with E-state index in [-0.39, 0.29) is 16.3 Å². The molecule has 1 atom stereocenters. The maximum Gasteiger partial charge on any atom is 0.399 e. The van der Waals surface area contributed by atoms with Crippen LogP contribution in [0.3, 0.4) is 0 Å². The second kappa shape index (κ2) is 9.64. The number of carbonyl (C=O) groups excluding carboxylic acids is 1. The summed E-state index contributed by atoms with van der Waals surface area (Å²) in [6.45, 7) is 3.40. The molecule has 0 heterocycles. The Bertz CT molecular complexity index is 929. The molecular weight excluding hydrogens is 446 g/mol. The van der Waals surface area contributed by atoms with E-state index in [0.29, 0.717) is 16.7 Å². The Hall–Kier alpha value is -2.68. The highest BCUT2D eigenvalue weighted by molar-refractivity contribution is 6.31. The lowest BCUT2D eigenvalue weighted by molar-refractivity contribution is -0.153. The van der Waals surface area contributed by atoms with Gasteiger partial charge in [0, 0.05) is 5.02 Å². The summed E-state index contributed by atoms with van der Waals surface area (Å²) in [5.41, 5.74) is 6.27. The summed E-state index contributed by atoms with van der Waals surface area (Å²) in [7, 11) is 0. The van der Waals surface area contributed by atoms with Crippen LogP contribution in [-0.2, 0) is 4.79 Å². The van der Waals surface area contributed by atoms with Crippen molar-refractivity contribution in [2.45, 2.75) is 38.5 Å². The lowest BCUT2D eigenvalue weighted by atomic mass is 9.94. The number of anilines is 1. The third kappa shape index (κ3) is 7.50. The minimum atomic E-state index is -4.63. The SMILES string of the molecule is Cc1cc(C(/C=C/c2ccc(NNC(=O)CC(F)(F)F)cc2)C(F)(F)F)cc(Cl)c1C. The summed E-state index contributed by atoms with van der Waals surface area (Å²) in [5.74, 6) is -3.14. The van der Waals surface area contributed by atoms with Gasteiger partial charge in [0.2, 0.25) is 5.91 Å². The number of hydrazine groups is 1. The molecule has 3 nitrogen and oxygen atoms in total. The lowest BCUT2D eigenvalue weighted by Gasteiger charge is -2.19. The van der Waals surface area contributed by atoms with Crippen LogP contribution in [0.4, 0.5) is 32.0 Å². The molecule has 0 aromatic heterocycles. The number of alkyl halides is 6. The van der Waals surface area contributed by atoms with E-state index in [2.05, 4.69) is 5.43 Å². The summed E-state index contributed by atoms with van der Waals surface area (Å²) in [5, 5.41) is 0.251. The molecule has 0 aliphatic rings. The molecule has 2 aromatic carbocycles. The monoisotopic (exact) mass is 464 g/mol. The molecule has 2 rings (SSSR count). The average molecular weight is 465 g/mol. The van der Waals surface area contributed by atoms with Crippen LogP contribution in [0.5, 0.6) is 0 Å². The largest absolute Gasteiger partial charge is 0.399 e. The van der Waals surface area contributed by atoms with Gasteiger partial charge in [-0.3, -0.25) is 15.6 Å². The number of rotatable bonds is 6. The van der Waals surface area contributed by atoms with Gasteiger partial charge in [0.05, 0.1) is 11.6 Å². The van der Waals surface area contributed by atoms with Crippen molar-refractivity contribution in [1.29, 1.82) is 0 Å². The third-order valence-corrected chi connectivity index (χ3v) is 4.83. The van der Waals surface area contributed by atoms with Gasteiger partial charge in [0.15, 0.2) is 0 Å². The molecular formula is C21H19ClF6N2O. The number of halogens is 7. The van der Waals surface area contributed by atoms with E-state index in [1.165, 1.54) is 42.5 Å². The molecule has 0 saturated heterocycles. The van der Waals surface area contributed by atoms with Crippen LogP contribution in [0.1, 0.15) is 34.6 Å². The molecule has 10 heteroatoms. The highest BCUT2D eigenvalue weighted by Crippen LogP contribution is 2.38. The van der Waals surface area contributed by atoms with Crippen LogP contribution in [0.25, 0.3) is 6.08 Å². The Balaban J connectivity index is 2.12. The van der Waals surface area contributed by atoms with Crippen molar-refractivity contribution in [1.82, 2.24) is 5.43 Å². The lowest BCUT2D eigenvalue weighted by Crippen LogP contribution is -2.32. The van der Waals surface area contributed by atoms with Crippen LogP contribution in [0, 0.1) is 13.8 Å². The van der Waals surface area contributed by atoms with Gasteiger partial charge in [0.25, 0.3) is 0 Å². The molecule has 0 bridgehead atoms. The van der Waals surface area contributed by atoms with Gasteiger partial charge in [0.1, 0.15) is 6.42 Å². The summed E-state index contributed by atoms with van der Waals surface area (Å²) < 4.78 is 77.2. The van der Waals surface area contributed by atoms with Gasteiger partial charge in [-0.1, -0.05) is 42.0 Å². The minimum absolute atomic E-state index is 0.0162. The number of nitrogens with one attached hydrogen (secondary N) is 2. The molecule has 0 fully saturated rings. The number of allylic oxidation sites excluding steroid dienone is 1. The first-order valence-corrected chi connectivity index (χ1v) is 9.37. The fourth-order valence-electron chi connectivity index (χ4n) is 2.68. The smallest absolute Gasteiger partial charge is 0.299 e. The van der Waals surface area contributed by atoms with Crippen LogP contribution in [-0.4, -0.2) is 18.3 Å². The van der Waals surface area contributed by atoms with E-state index >= 15 is 0 Å². The average Bonchev–Trinajstić information content (AvgIpc) is 2.63. The molecule has 2 N–H and O–H groups in total. The molecule has 0 aliphatic carbocycles. The van der Waals surface area contributed by atoms with E-state index in [9.17, 15) is 31.1 Å². The maximum absolute atomic E-state index is 13.6. The zero-order valence-corrected chi connectivity index (χ0v) is 17.2. The fourth-order valence-corrected chi connectivity index (χ4v) is 2.96. The van der Waals surface area contributed by atoms with Crippen molar-refractivity contribution >= 4 is 29.3 Å². The molecule has 2 aromatic rings. The maximum atomic E-state index is 13.6. The quantitative estimate of drug-likeness (QED) is 0.368. The first-order valence-electron chi connectivity index (χ1n) is 8.99. The number of carbonyl (C=O) groups is 1. The Morgan fingerprint density at radius 1 is 1.06 bits per heavy atom. The van der Waals surface area contributed by atoms with Gasteiger partial charge in [-0.25, -0.2) is 0 Å². The number of hydrogen-bond donors (Lipinski definition) is 2. The van der Waals surface area contributed by atoms with E-state index in [1.807, 2.05) is 5.43 Å². The molecule has 0 radical (unpaired) electrons. The van der Waals surface area contributed by atoms with Crippen LogP contribution in [0.2, 0.25) is 5.02 Å². The second-order valence-electron chi connectivity index (χ2n) is 6.91. The van der Waals surface area contributed by atoms with Crippen LogP contribution < -0.4 is 10.9 Å². The molecule has 0 aliphatic heterocycles. The van der Waals surface area contributed by atoms with Crippen molar-refractivity contribution in [2.75, 3.05) is 5.43 Å². The summed E-state index contributed by atoms with van der Waals surface area (Å²) >= 11 is 6.04. The Kier molecular flexibility index (Phi) is 7.64. The number of aryl methyl sites for hydroxylation is 1. The summed E-state index contributed by atoms with van der Waals surface area (Å²) in [6.07, 6.45) is -8.51. The number of benzene rings is 2. The molecule has 1 amide bonds. The zero-order valence-electron chi connectivity index (χ0n) is 16.5. The van der Waals surface area contributed by atoms with E-state index in [1.54, 1.807) is 13.8 Å². The van der Waals surface area contributed by atoms with E-state index < -0.39 is 30.6 Å². The Morgan fingerprint density at radius 2 is 1.68 bits per heavy atom. The van der Waals surface area contributed by atoms with Crippen LogP contribution >= 0.6 is 11.6 Å². The molecule has 1 unspecified atom stereocenters. The highest BCUT2D eigenvalue weighted by atomic mass is 35.5. The van der Waals surface area contributed by atoms with Gasteiger partial charge in [-0.2, -0.15) is 26.3 Å². The van der Waals surface area contributed by atoms with Gasteiger partial charge < -0.3 is 0 Å². The van der Waals surface area contributed by atoms with Crippen molar-refractivity contribution in [3.05, 3.63) is 69.8 Å². The highest BCUT2D eigenvalue weighted by Gasteiger charge is 2.39. The predicted octanol–water partition coefficient (Wildman–Crippen LogP) is 6.71. The summed E-state index contributed by atoms with van der Waals surface area (Å²) in [4.78, 5) is 11.2.